The molecule has 7 heteroatoms. The monoisotopic (exact) mass is 443 g/mol. The van der Waals surface area contributed by atoms with Gasteiger partial charge in [-0.25, -0.2) is 0 Å². The Balaban J connectivity index is 1.37. The standard InChI is InChI=1S/C26H25N3O4/c1-18(2)29(21-14-12-20(13-15-21)27-19-8-4-3-5-9-19)25(30)17-32-26(31)16-23-22-10-6-7-11-24(22)33-28-23/h3-15,18,27H,16-17H2,1-2H3. The van der Waals surface area contributed by atoms with Crippen LogP contribution >= 0.6 is 0 Å². The number of carbonyl (C=O) groups is 2. The zero-order chi connectivity index (χ0) is 23.2. The molecule has 0 aliphatic rings. The smallest absolute Gasteiger partial charge is 0.312 e. The number of rotatable bonds is 8. The van der Waals surface area contributed by atoms with Gasteiger partial charge >= 0.3 is 5.97 Å². The number of carbonyl (C=O) groups excluding carboxylic acids is 2. The second kappa shape index (κ2) is 9.99. The van der Waals surface area contributed by atoms with Gasteiger partial charge in [-0.05, 0) is 62.4 Å². The fourth-order valence-electron chi connectivity index (χ4n) is 3.59. The van der Waals surface area contributed by atoms with Crippen LogP contribution in [0.1, 0.15) is 19.5 Å². The lowest BCUT2D eigenvalue weighted by molar-refractivity contribution is -0.147. The van der Waals surface area contributed by atoms with Gasteiger partial charge in [0.2, 0.25) is 0 Å². The molecule has 0 fully saturated rings. The van der Waals surface area contributed by atoms with Crippen molar-refractivity contribution in [2.24, 2.45) is 0 Å². The topological polar surface area (TPSA) is 84.7 Å². The maximum absolute atomic E-state index is 12.9. The van der Waals surface area contributed by atoms with Crippen molar-refractivity contribution in [1.82, 2.24) is 5.16 Å². The summed E-state index contributed by atoms with van der Waals surface area (Å²) in [5.41, 5.74) is 3.71. The van der Waals surface area contributed by atoms with Crippen molar-refractivity contribution < 1.29 is 18.8 Å². The number of anilines is 3. The van der Waals surface area contributed by atoms with Crippen molar-refractivity contribution in [2.75, 3.05) is 16.8 Å². The lowest BCUT2D eigenvalue weighted by Crippen LogP contribution is -2.40. The molecule has 168 valence electrons. The molecule has 0 atom stereocenters. The highest BCUT2D eigenvalue weighted by atomic mass is 16.5. The minimum absolute atomic E-state index is 0.0637. The molecule has 0 bridgehead atoms. The molecule has 1 amide bonds. The van der Waals surface area contributed by atoms with Crippen LogP contribution < -0.4 is 10.2 Å². The quantitative estimate of drug-likeness (QED) is 0.382. The fourth-order valence-corrected chi connectivity index (χ4v) is 3.59. The summed E-state index contributed by atoms with van der Waals surface area (Å²) in [7, 11) is 0. The van der Waals surface area contributed by atoms with Crippen LogP contribution in [0.5, 0.6) is 0 Å². The second-order valence-electron chi connectivity index (χ2n) is 7.86. The summed E-state index contributed by atoms with van der Waals surface area (Å²) in [5, 5.41) is 8.01. The van der Waals surface area contributed by atoms with E-state index >= 15 is 0 Å². The van der Waals surface area contributed by atoms with Gasteiger partial charge in [-0.2, -0.15) is 0 Å². The normalized spacial score (nSPS) is 10.9. The average Bonchev–Trinajstić information content (AvgIpc) is 3.22. The summed E-state index contributed by atoms with van der Waals surface area (Å²) in [6.45, 7) is 3.48. The Morgan fingerprint density at radius 3 is 2.33 bits per heavy atom. The number of nitrogens with zero attached hydrogens (tertiary/aromatic N) is 2. The Morgan fingerprint density at radius 2 is 1.61 bits per heavy atom. The largest absolute Gasteiger partial charge is 0.455 e. The van der Waals surface area contributed by atoms with E-state index in [0.29, 0.717) is 11.3 Å². The van der Waals surface area contributed by atoms with Crippen LogP contribution in [-0.4, -0.2) is 29.7 Å². The Bertz CT molecular complexity index is 1230. The van der Waals surface area contributed by atoms with Crippen LogP contribution in [0.4, 0.5) is 17.1 Å². The van der Waals surface area contributed by atoms with Crippen LogP contribution in [0.25, 0.3) is 11.0 Å². The van der Waals surface area contributed by atoms with Gasteiger partial charge in [0.1, 0.15) is 5.69 Å². The van der Waals surface area contributed by atoms with Crippen molar-refractivity contribution >= 4 is 39.9 Å². The SMILES string of the molecule is CC(C)N(C(=O)COC(=O)Cc1noc2ccccc12)c1ccc(Nc2ccccc2)cc1. The van der Waals surface area contributed by atoms with Gasteiger partial charge in [-0.3, -0.25) is 9.59 Å². The average molecular weight is 444 g/mol. The molecule has 0 radical (unpaired) electrons. The van der Waals surface area contributed by atoms with Gasteiger partial charge < -0.3 is 19.5 Å². The van der Waals surface area contributed by atoms with Crippen molar-refractivity contribution in [3.05, 3.63) is 84.6 Å². The molecule has 4 rings (SSSR count). The van der Waals surface area contributed by atoms with Gasteiger partial charge in [-0.1, -0.05) is 35.5 Å². The number of hydrogen-bond donors (Lipinski definition) is 1. The number of amides is 1. The first kappa shape index (κ1) is 22.1. The molecule has 1 aromatic heterocycles. The molecule has 0 saturated carbocycles. The number of nitrogens with one attached hydrogen (secondary N) is 1. The number of ether oxygens (including phenoxy) is 1. The Labute approximate surface area is 191 Å². The highest BCUT2D eigenvalue weighted by Crippen LogP contribution is 2.23. The van der Waals surface area contributed by atoms with E-state index in [2.05, 4.69) is 10.5 Å². The molecule has 0 aliphatic heterocycles. The third-order valence-corrected chi connectivity index (χ3v) is 5.11. The molecule has 7 nitrogen and oxygen atoms in total. The molecule has 0 unspecified atom stereocenters. The summed E-state index contributed by atoms with van der Waals surface area (Å²) >= 11 is 0. The van der Waals surface area contributed by atoms with Gasteiger partial charge in [0, 0.05) is 28.5 Å². The maximum Gasteiger partial charge on any atom is 0.312 e. The summed E-state index contributed by atoms with van der Waals surface area (Å²) in [4.78, 5) is 26.8. The Hall–Kier alpha value is -4.13. The van der Waals surface area contributed by atoms with E-state index in [1.807, 2.05) is 86.6 Å². The van der Waals surface area contributed by atoms with E-state index < -0.39 is 5.97 Å². The van der Waals surface area contributed by atoms with E-state index in [4.69, 9.17) is 9.26 Å². The third-order valence-electron chi connectivity index (χ3n) is 5.11. The number of fused-ring (bicyclic) bond motifs is 1. The minimum atomic E-state index is -0.534. The number of benzene rings is 3. The molecule has 4 aromatic rings. The lowest BCUT2D eigenvalue weighted by Gasteiger charge is -2.27. The van der Waals surface area contributed by atoms with Crippen LogP contribution in [0.15, 0.2) is 83.4 Å². The Morgan fingerprint density at radius 1 is 0.939 bits per heavy atom. The maximum atomic E-state index is 12.9. The van der Waals surface area contributed by atoms with Crippen molar-refractivity contribution in [2.45, 2.75) is 26.3 Å². The first-order valence-electron chi connectivity index (χ1n) is 10.7. The molecular formula is C26H25N3O4. The van der Waals surface area contributed by atoms with Crippen molar-refractivity contribution in [3.8, 4) is 0 Å². The van der Waals surface area contributed by atoms with E-state index in [9.17, 15) is 9.59 Å². The first-order valence-corrected chi connectivity index (χ1v) is 10.7. The molecular weight excluding hydrogens is 418 g/mol. The summed E-state index contributed by atoms with van der Waals surface area (Å²) in [6.07, 6.45) is -0.0637. The van der Waals surface area contributed by atoms with Crippen LogP contribution in [0.2, 0.25) is 0 Å². The zero-order valence-electron chi connectivity index (χ0n) is 18.5. The summed E-state index contributed by atoms with van der Waals surface area (Å²) < 4.78 is 10.5. The number of esters is 1. The van der Waals surface area contributed by atoms with Crippen molar-refractivity contribution in [3.63, 3.8) is 0 Å². The predicted molar refractivity (Wildman–Crippen MR) is 127 cm³/mol. The number of hydrogen-bond acceptors (Lipinski definition) is 6. The third kappa shape index (κ3) is 5.38. The molecule has 1 N–H and O–H groups in total. The summed E-state index contributed by atoms with van der Waals surface area (Å²) in [5.74, 6) is -0.833. The molecule has 0 spiro atoms. The van der Waals surface area contributed by atoms with Gasteiger partial charge in [0.15, 0.2) is 12.2 Å². The van der Waals surface area contributed by atoms with E-state index in [1.54, 1.807) is 11.0 Å². The summed E-state index contributed by atoms with van der Waals surface area (Å²) in [6, 6.07) is 24.6. The van der Waals surface area contributed by atoms with E-state index in [-0.39, 0.29) is 25.0 Å². The van der Waals surface area contributed by atoms with E-state index in [1.165, 1.54) is 0 Å². The highest BCUT2D eigenvalue weighted by molar-refractivity contribution is 5.96. The molecule has 1 heterocycles. The van der Waals surface area contributed by atoms with Gasteiger partial charge in [0.05, 0.1) is 6.42 Å². The molecule has 33 heavy (non-hydrogen) atoms. The van der Waals surface area contributed by atoms with Gasteiger partial charge in [-0.15, -0.1) is 0 Å². The van der Waals surface area contributed by atoms with E-state index in [0.717, 1.165) is 22.4 Å². The molecule has 0 saturated heterocycles. The lowest BCUT2D eigenvalue weighted by atomic mass is 10.2. The highest BCUT2D eigenvalue weighted by Gasteiger charge is 2.21. The number of para-hydroxylation sites is 2. The molecule has 0 aliphatic carbocycles. The first-order chi connectivity index (χ1) is 16.0. The fraction of sp³-hybridized carbons (Fsp3) is 0.192. The number of aromatic nitrogens is 1. The molecule has 3 aromatic carbocycles. The van der Waals surface area contributed by atoms with Crippen molar-refractivity contribution in [1.29, 1.82) is 0 Å². The van der Waals surface area contributed by atoms with Crippen LogP contribution in [0.3, 0.4) is 0 Å². The second-order valence-corrected chi connectivity index (χ2v) is 7.86. The van der Waals surface area contributed by atoms with Gasteiger partial charge in [0.25, 0.3) is 5.91 Å². The predicted octanol–water partition coefficient (Wildman–Crippen LogP) is 5.10. The minimum Gasteiger partial charge on any atom is -0.455 e. The van der Waals surface area contributed by atoms with Crippen LogP contribution in [0, 0.1) is 0 Å². The zero-order valence-corrected chi connectivity index (χ0v) is 18.5. The van der Waals surface area contributed by atoms with Crippen LogP contribution in [-0.2, 0) is 20.7 Å². The Kier molecular flexibility index (Phi) is 6.69.